The number of carbonyl (C=O) groups excluding carboxylic acids is 1. The molecule has 0 aromatic heterocycles. The highest BCUT2D eigenvalue weighted by atomic mass is 16.1. The average molecular weight is 293 g/mol. The van der Waals surface area contributed by atoms with Crippen LogP contribution in [0.2, 0.25) is 0 Å². The number of amides is 1. The van der Waals surface area contributed by atoms with Crippen LogP contribution in [0.4, 0.5) is 11.4 Å². The zero-order valence-electron chi connectivity index (χ0n) is 13.3. The molecule has 0 saturated carbocycles. The molecule has 0 unspecified atom stereocenters. The molecule has 0 bridgehead atoms. The van der Waals surface area contributed by atoms with Gasteiger partial charge in [-0.3, -0.25) is 4.79 Å². The number of rotatable bonds is 3. The van der Waals surface area contributed by atoms with Gasteiger partial charge < -0.3 is 5.32 Å². The molecule has 1 N–H and O–H groups in total. The normalized spacial score (nSPS) is 15.6. The van der Waals surface area contributed by atoms with Crippen LogP contribution in [0.25, 0.3) is 0 Å². The molecular weight excluding hydrogens is 272 g/mol. The van der Waals surface area contributed by atoms with E-state index >= 15 is 0 Å². The maximum absolute atomic E-state index is 12.4. The third kappa shape index (κ3) is 2.43. The SMILES string of the molecule is CC1=[N+](CC(=O)Nc2ccccc2)c2ccccc2C1(C)C. The van der Waals surface area contributed by atoms with Crippen molar-refractivity contribution in [3.63, 3.8) is 0 Å². The van der Waals surface area contributed by atoms with E-state index in [9.17, 15) is 4.79 Å². The van der Waals surface area contributed by atoms with Crippen molar-refractivity contribution >= 4 is 23.0 Å². The van der Waals surface area contributed by atoms with Crippen molar-refractivity contribution < 1.29 is 9.37 Å². The molecule has 1 aliphatic heterocycles. The van der Waals surface area contributed by atoms with E-state index in [1.165, 1.54) is 11.3 Å². The van der Waals surface area contributed by atoms with Crippen molar-refractivity contribution in [2.45, 2.75) is 26.2 Å². The summed E-state index contributed by atoms with van der Waals surface area (Å²) < 4.78 is 2.12. The topological polar surface area (TPSA) is 32.1 Å². The first-order valence-corrected chi connectivity index (χ1v) is 7.56. The predicted molar refractivity (Wildman–Crippen MR) is 90.0 cm³/mol. The first-order valence-electron chi connectivity index (χ1n) is 7.56. The highest BCUT2D eigenvalue weighted by molar-refractivity contribution is 5.96. The Kier molecular flexibility index (Phi) is 3.57. The van der Waals surface area contributed by atoms with Crippen LogP contribution in [0.15, 0.2) is 54.6 Å². The van der Waals surface area contributed by atoms with E-state index in [1.54, 1.807) is 0 Å². The Morgan fingerprint density at radius 2 is 1.68 bits per heavy atom. The molecule has 22 heavy (non-hydrogen) atoms. The van der Waals surface area contributed by atoms with Gasteiger partial charge in [-0.1, -0.05) is 36.4 Å². The van der Waals surface area contributed by atoms with Crippen LogP contribution in [-0.2, 0) is 10.2 Å². The largest absolute Gasteiger partial charge is 0.321 e. The number of para-hydroxylation sites is 2. The Morgan fingerprint density at radius 1 is 1.05 bits per heavy atom. The molecule has 1 amide bonds. The molecule has 3 nitrogen and oxygen atoms in total. The lowest BCUT2D eigenvalue weighted by atomic mass is 9.82. The van der Waals surface area contributed by atoms with Gasteiger partial charge in [0.1, 0.15) is 0 Å². The summed E-state index contributed by atoms with van der Waals surface area (Å²) in [4.78, 5) is 12.4. The van der Waals surface area contributed by atoms with Gasteiger partial charge in [0.15, 0.2) is 5.71 Å². The first kappa shape index (κ1) is 14.5. The molecule has 0 radical (unpaired) electrons. The second-order valence-corrected chi connectivity index (χ2v) is 6.23. The van der Waals surface area contributed by atoms with Gasteiger partial charge in [0.05, 0.1) is 5.41 Å². The van der Waals surface area contributed by atoms with Gasteiger partial charge >= 0.3 is 0 Å². The lowest BCUT2D eigenvalue weighted by Crippen LogP contribution is -2.30. The second kappa shape index (κ2) is 5.41. The highest BCUT2D eigenvalue weighted by Crippen LogP contribution is 2.38. The predicted octanol–water partition coefficient (Wildman–Crippen LogP) is 3.72. The number of carbonyl (C=O) groups is 1. The summed E-state index contributed by atoms with van der Waals surface area (Å²) in [6.07, 6.45) is 0. The molecule has 3 heteroatoms. The second-order valence-electron chi connectivity index (χ2n) is 6.23. The molecule has 2 aromatic rings. The lowest BCUT2D eigenvalue weighted by molar-refractivity contribution is -0.425. The fourth-order valence-electron chi connectivity index (χ4n) is 3.02. The standard InChI is InChI=1S/C19H20N2O/c1-14-19(2,3)16-11-7-8-12-17(16)21(14)13-18(22)20-15-9-5-4-6-10-15/h4-12H,13H2,1-3H3/p+1. The molecule has 3 rings (SSSR count). The summed E-state index contributed by atoms with van der Waals surface area (Å²) in [5.41, 5.74) is 4.41. The molecular formula is C19H21N2O+. The van der Waals surface area contributed by atoms with Crippen molar-refractivity contribution in [3.8, 4) is 0 Å². The third-order valence-electron chi connectivity index (χ3n) is 4.54. The van der Waals surface area contributed by atoms with Crippen LogP contribution in [0, 0.1) is 0 Å². The fraction of sp³-hybridized carbons (Fsp3) is 0.263. The first-order chi connectivity index (χ1) is 10.5. The molecule has 112 valence electrons. The molecule has 0 aliphatic carbocycles. The summed E-state index contributed by atoms with van der Waals surface area (Å²) in [6.45, 7) is 6.85. The number of nitrogens with zero attached hydrogens (tertiary/aromatic N) is 1. The van der Waals surface area contributed by atoms with E-state index in [-0.39, 0.29) is 11.3 Å². The number of benzene rings is 2. The molecule has 1 aliphatic rings. The summed E-state index contributed by atoms with van der Waals surface area (Å²) in [7, 11) is 0. The van der Waals surface area contributed by atoms with Crippen molar-refractivity contribution in [2.75, 3.05) is 11.9 Å². The van der Waals surface area contributed by atoms with E-state index < -0.39 is 0 Å². The van der Waals surface area contributed by atoms with Gasteiger partial charge in [0.2, 0.25) is 12.2 Å². The molecule has 0 saturated heterocycles. The summed E-state index contributed by atoms with van der Waals surface area (Å²) in [5, 5.41) is 2.95. The van der Waals surface area contributed by atoms with Crippen molar-refractivity contribution in [3.05, 3.63) is 60.2 Å². The minimum Gasteiger partial charge on any atom is -0.321 e. The van der Waals surface area contributed by atoms with Gasteiger partial charge in [-0.25, -0.2) is 0 Å². The van der Waals surface area contributed by atoms with E-state index in [2.05, 4.69) is 48.9 Å². The number of hydrogen-bond donors (Lipinski definition) is 1. The summed E-state index contributed by atoms with van der Waals surface area (Å²) >= 11 is 0. The van der Waals surface area contributed by atoms with E-state index in [4.69, 9.17) is 0 Å². The van der Waals surface area contributed by atoms with Gasteiger partial charge in [-0.2, -0.15) is 4.58 Å². The van der Waals surface area contributed by atoms with Crippen molar-refractivity contribution in [2.24, 2.45) is 0 Å². The Morgan fingerprint density at radius 3 is 2.41 bits per heavy atom. The van der Waals surface area contributed by atoms with Crippen molar-refractivity contribution in [1.82, 2.24) is 0 Å². The number of fused-ring (bicyclic) bond motifs is 1. The zero-order valence-corrected chi connectivity index (χ0v) is 13.3. The smallest absolute Gasteiger partial charge is 0.290 e. The molecule has 1 heterocycles. The van der Waals surface area contributed by atoms with Gasteiger partial charge in [-0.15, -0.1) is 0 Å². The Bertz CT molecular complexity index is 745. The van der Waals surface area contributed by atoms with E-state index in [0.29, 0.717) is 6.54 Å². The fourth-order valence-corrected chi connectivity index (χ4v) is 3.02. The molecule has 0 atom stereocenters. The van der Waals surface area contributed by atoms with Crippen LogP contribution in [0.5, 0.6) is 0 Å². The minimum absolute atomic E-state index is 0.00180. The van der Waals surface area contributed by atoms with Crippen molar-refractivity contribution in [1.29, 1.82) is 0 Å². The maximum Gasteiger partial charge on any atom is 0.290 e. The highest BCUT2D eigenvalue weighted by Gasteiger charge is 2.43. The third-order valence-corrected chi connectivity index (χ3v) is 4.54. The van der Waals surface area contributed by atoms with Crippen LogP contribution >= 0.6 is 0 Å². The van der Waals surface area contributed by atoms with E-state index in [0.717, 1.165) is 11.4 Å². The van der Waals surface area contributed by atoms with Crippen LogP contribution < -0.4 is 5.32 Å². The molecule has 0 spiro atoms. The van der Waals surface area contributed by atoms with Crippen LogP contribution in [0.3, 0.4) is 0 Å². The van der Waals surface area contributed by atoms with Crippen LogP contribution in [0.1, 0.15) is 26.3 Å². The summed E-state index contributed by atoms with van der Waals surface area (Å²) in [5.74, 6) is -0.00180. The Balaban J connectivity index is 1.86. The van der Waals surface area contributed by atoms with Gasteiger partial charge in [0, 0.05) is 24.2 Å². The van der Waals surface area contributed by atoms with Crippen LogP contribution in [-0.4, -0.2) is 22.7 Å². The Labute approximate surface area is 131 Å². The molecule has 2 aromatic carbocycles. The van der Waals surface area contributed by atoms with Gasteiger partial charge in [0.25, 0.3) is 5.91 Å². The number of nitrogens with one attached hydrogen (secondary N) is 1. The minimum atomic E-state index is -0.0381. The van der Waals surface area contributed by atoms with Gasteiger partial charge in [-0.05, 0) is 26.0 Å². The average Bonchev–Trinajstić information content (AvgIpc) is 2.70. The lowest BCUT2D eigenvalue weighted by Gasteiger charge is -2.14. The quantitative estimate of drug-likeness (QED) is 0.859. The van der Waals surface area contributed by atoms with E-state index in [1.807, 2.05) is 36.4 Å². The molecule has 0 fully saturated rings. The number of hydrogen-bond acceptors (Lipinski definition) is 1. The monoisotopic (exact) mass is 293 g/mol. The number of anilines is 1. The Hall–Kier alpha value is -2.42. The zero-order chi connectivity index (χ0) is 15.7. The summed E-state index contributed by atoms with van der Waals surface area (Å²) in [6, 6.07) is 17.9. The maximum atomic E-state index is 12.4.